The highest BCUT2D eigenvalue weighted by Crippen LogP contribution is 2.30. The zero-order chi connectivity index (χ0) is 10.6. The van der Waals surface area contributed by atoms with Crippen LogP contribution in [0.1, 0.15) is 12.2 Å². The van der Waals surface area contributed by atoms with Gasteiger partial charge >= 0.3 is 6.18 Å². The second-order valence-electron chi connectivity index (χ2n) is 2.31. The molecule has 0 saturated carbocycles. The number of aliphatic hydroxyl groups excluding tert-OH is 1. The van der Waals surface area contributed by atoms with Gasteiger partial charge < -0.3 is 5.11 Å². The maximum atomic E-state index is 12.0. The van der Waals surface area contributed by atoms with E-state index < -0.39 is 12.0 Å². The average Bonchev–Trinajstić information content (AvgIpc) is 2.52. The van der Waals surface area contributed by atoms with Gasteiger partial charge in [-0.2, -0.15) is 17.5 Å². The van der Waals surface area contributed by atoms with Gasteiger partial charge in [0, 0.05) is 12.4 Å². The second kappa shape index (κ2) is 4.94. The molecule has 80 valence electrons. The Kier molecular flexibility index (Phi) is 4.14. The molecule has 0 spiro atoms. The molecule has 0 aliphatic rings. The number of aliphatic hydroxyl groups is 1. The topological polar surface area (TPSA) is 46.0 Å². The fourth-order valence-corrected chi connectivity index (χ4v) is 2.22. The van der Waals surface area contributed by atoms with Crippen LogP contribution in [0.2, 0.25) is 0 Å². The maximum Gasteiger partial charge on any atom is 0.452 e. The van der Waals surface area contributed by atoms with Crippen LogP contribution in [0, 0.1) is 0 Å². The van der Waals surface area contributed by atoms with E-state index in [1.165, 1.54) is 11.8 Å². The lowest BCUT2D eigenvalue weighted by atomic mass is 10.5. The van der Waals surface area contributed by atoms with Crippen molar-refractivity contribution in [3.63, 3.8) is 0 Å². The summed E-state index contributed by atoms with van der Waals surface area (Å²) in [5.41, 5.74) is 0. The summed E-state index contributed by atoms with van der Waals surface area (Å²) in [4.78, 5) is 3.32. The van der Waals surface area contributed by atoms with Gasteiger partial charge in [-0.25, -0.2) is 4.98 Å². The third-order valence-electron chi connectivity index (χ3n) is 1.19. The number of aromatic nitrogens is 2. The number of hydrogen-bond donors (Lipinski definition) is 1. The molecule has 1 aromatic heterocycles. The first kappa shape index (κ1) is 11.7. The molecule has 0 atom stereocenters. The van der Waals surface area contributed by atoms with E-state index >= 15 is 0 Å². The van der Waals surface area contributed by atoms with Crippen molar-refractivity contribution in [2.45, 2.75) is 16.9 Å². The molecule has 0 bridgehead atoms. The minimum atomic E-state index is -4.47. The van der Waals surface area contributed by atoms with E-state index in [1.54, 1.807) is 0 Å². The van der Waals surface area contributed by atoms with E-state index in [9.17, 15) is 13.2 Å². The lowest BCUT2D eigenvalue weighted by Gasteiger charge is -1.97. The van der Waals surface area contributed by atoms with Crippen molar-refractivity contribution >= 4 is 23.3 Å². The Morgan fingerprint density at radius 2 is 2.14 bits per heavy atom. The molecule has 14 heavy (non-hydrogen) atoms. The summed E-state index contributed by atoms with van der Waals surface area (Å²) in [6.45, 7) is 0.0257. The Morgan fingerprint density at radius 3 is 2.64 bits per heavy atom. The van der Waals surface area contributed by atoms with E-state index in [4.69, 9.17) is 5.11 Å². The van der Waals surface area contributed by atoms with Crippen LogP contribution < -0.4 is 0 Å². The minimum absolute atomic E-state index is 0.0257. The molecular weight excluding hydrogens is 237 g/mol. The fourth-order valence-electron chi connectivity index (χ4n) is 0.607. The van der Waals surface area contributed by atoms with Gasteiger partial charge in [0.2, 0.25) is 5.82 Å². The van der Waals surface area contributed by atoms with Crippen molar-refractivity contribution < 1.29 is 18.3 Å². The summed E-state index contributed by atoms with van der Waals surface area (Å²) in [7, 11) is 0. The second-order valence-corrected chi connectivity index (χ2v) is 4.40. The third kappa shape index (κ3) is 3.43. The van der Waals surface area contributed by atoms with Crippen LogP contribution in [0.15, 0.2) is 4.34 Å². The smallest absolute Gasteiger partial charge is 0.396 e. The summed E-state index contributed by atoms with van der Waals surface area (Å²) in [5.74, 6) is -0.544. The molecule has 1 rings (SSSR count). The molecule has 1 heterocycles. The van der Waals surface area contributed by atoms with Gasteiger partial charge in [-0.3, -0.25) is 0 Å². The minimum Gasteiger partial charge on any atom is -0.396 e. The van der Waals surface area contributed by atoms with Crippen molar-refractivity contribution in [2.75, 3.05) is 12.4 Å². The highest BCUT2D eigenvalue weighted by molar-refractivity contribution is 8.00. The van der Waals surface area contributed by atoms with E-state index in [2.05, 4.69) is 9.36 Å². The highest BCUT2D eigenvalue weighted by atomic mass is 32.2. The largest absolute Gasteiger partial charge is 0.452 e. The Bertz CT molecular complexity index is 289. The van der Waals surface area contributed by atoms with Gasteiger partial charge in [0.05, 0.1) is 0 Å². The number of halogens is 3. The number of nitrogens with zero attached hydrogens (tertiary/aromatic N) is 2. The summed E-state index contributed by atoms with van der Waals surface area (Å²) in [5, 5.41) is 8.45. The molecule has 0 saturated heterocycles. The van der Waals surface area contributed by atoms with E-state index in [1.807, 2.05) is 0 Å². The zero-order valence-corrected chi connectivity index (χ0v) is 8.55. The SMILES string of the molecule is OCCCSc1nc(C(F)(F)F)ns1. The standard InChI is InChI=1S/C6H7F3N2OS2/c7-6(8,9)4-10-5(14-11-4)13-3-1-2-12/h12H,1-3H2. The summed E-state index contributed by atoms with van der Waals surface area (Å²) in [6, 6.07) is 0. The van der Waals surface area contributed by atoms with Gasteiger partial charge in [-0.1, -0.05) is 11.8 Å². The van der Waals surface area contributed by atoms with Crippen molar-refractivity contribution in [3.8, 4) is 0 Å². The molecule has 1 N–H and O–H groups in total. The Balaban J connectivity index is 2.51. The molecule has 0 fully saturated rings. The molecule has 0 unspecified atom stereocenters. The fraction of sp³-hybridized carbons (Fsp3) is 0.667. The van der Waals surface area contributed by atoms with Gasteiger partial charge in [0.15, 0.2) is 4.34 Å². The molecule has 0 aliphatic heterocycles. The molecule has 0 aliphatic carbocycles. The number of thioether (sulfide) groups is 1. The van der Waals surface area contributed by atoms with Gasteiger partial charge in [0.1, 0.15) is 0 Å². The molecule has 1 aromatic rings. The van der Waals surface area contributed by atoms with Gasteiger partial charge in [-0.05, 0) is 18.0 Å². The van der Waals surface area contributed by atoms with Crippen LogP contribution in [0.3, 0.4) is 0 Å². The quantitative estimate of drug-likeness (QED) is 0.650. The third-order valence-corrected chi connectivity index (χ3v) is 3.11. The number of rotatable bonds is 4. The Morgan fingerprint density at radius 1 is 1.43 bits per heavy atom. The van der Waals surface area contributed by atoms with Crippen molar-refractivity contribution in [3.05, 3.63) is 5.82 Å². The summed E-state index contributed by atoms with van der Waals surface area (Å²) >= 11 is 1.89. The van der Waals surface area contributed by atoms with E-state index in [0.717, 1.165) is 11.5 Å². The maximum absolute atomic E-state index is 12.0. The first-order chi connectivity index (χ1) is 6.54. The molecule has 0 radical (unpaired) electrons. The van der Waals surface area contributed by atoms with Crippen molar-refractivity contribution in [1.29, 1.82) is 0 Å². The molecule has 0 aromatic carbocycles. The predicted molar refractivity (Wildman–Crippen MR) is 47.3 cm³/mol. The monoisotopic (exact) mass is 244 g/mol. The lowest BCUT2D eigenvalue weighted by Crippen LogP contribution is -2.06. The van der Waals surface area contributed by atoms with Crippen LogP contribution in [-0.4, -0.2) is 26.8 Å². The van der Waals surface area contributed by atoms with Crippen molar-refractivity contribution in [2.24, 2.45) is 0 Å². The predicted octanol–water partition coefficient (Wildman–Crippen LogP) is 2.03. The van der Waals surface area contributed by atoms with Crippen molar-refractivity contribution in [1.82, 2.24) is 9.36 Å². The lowest BCUT2D eigenvalue weighted by molar-refractivity contribution is -0.144. The zero-order valence-electron chi connectivity index (χ0n) is 6.91. The first-order valence-electron chi connectivity index (χ1n) is 3.68. The molecular formula is C6H7F3N2OS2. The Labute approximate surface area is 86.5 Å². The molecule has 3 nitrogen and oxygen atoms in total. The molecule has 0 amide bonds. The van der Waals surface area contributed by atoms with Gasteiger partial charge in [0.25, 0.3) is 0 Å². The first-order valence-corrected chi connectivity index (χ1v) is 5.44. The van der Waals surface area contributed by atoms with E-state index in [-0.39, 0.29) is 10.9 Å². The number of alkyl halides is 3. The van der Waals surface area contributed by atoms with Crippen LogP contribution in [-0.2, 0) is 6.18 Å². The molecule has 8 heteroatoms. The summed E-state index contributed by atoms with van der Waals surface area (Å²) < 4.78 is 39.5. The summed E-state index contributed by atoms with van der Waals surface area (Å²) in [6.07, 6.45) is -3.93. The highest BCUT2D eigenvalue weighted by Gasteiger charge is 2.35. The van der Waals surface area contributed by atoms with Gasteiger partial charge in [-0.15, -0.1) is 0 Å². The number of hydrogen-bond acceptors (Lipinski definition) is 5. The van der Waals surface area contributed by atoms with Crippen LogP contribution in [0.5, 0.6) is 0 Å². The van der Waals surface area contributed by atoms with Crippen LogP contribution >= 0.6 is 23.3 Å². The Hall–Kier alpha value is -0.340. The van der Waals surface area contributed by atoms with Crippen LogP contribution in [0.25, 0.3) is 0 Å². The average molecular weight is 244 g/mol. The van der Waals surface area contributed by atoms with Crippen LogP contribution in [0.4, 0.5) is 13.2 Å². The van der Waals surface area contributed by atoms with E-state index in [0.29, 0.717) is 12.2 Å². The normalized spacial score (nSPS) is 12.0.